The summed E-state index contributed by atoms with van der Waals surface area (Å²) >= 11 is 0. The minimum absolute atomic E-state index is 0.0140. The number of ketones is 1. The lowest BCUT2D eigenvalue weighted by molar-refractivity contribution is -0.179. The van der Waals surface area contributed by atoms with E-state index in [9.17, 15) is 15.0 Å². The molecule has 4 aliphatic rings. The van der Waals surface area contributed by atoms with Crippen molar-refractivity contribution < 1.29 is 15.0 Å². The van der Waals surface area contributed by atoms with E-state index < -0.39 is 5.60 Å². The average Bonchev–Trinajstić information content (AvgIpc) is 2.91. The number of nitrogens with zero attached hydrogens (tertiary/aromatic N) is 1. The quantitative estimate of drug-likeness (QED) is 0.685. The smallest absolute Gasteiger partial charge is 0.154 e. The Kier molecular flexibility index (Phi) is 4.37. The third-order valence-corrected chi connectivity index (χ3v) is 9.27. The number of rotatable bonds is 1. The summed E-state index contributed by atoms with van der Waals surface area (Å²) in [5.41, 5.74) is 0.0873. The second-order valence-electron chi connectivity index (χ2n) is 10.6. The van der Waals surface area contributed by atoms with E-state index in [0.717, 1.165) is 32.1 Å². The van der Waals surface area contributed by atoms with E-state index in [2.05, 4.69) is 18.7 Å². The molecule has 4 aliphatic carbocycles. The molecular weight excluding hydrogens is 338 g/mol. The van der Waals surface area contributed by atoms with Crippen LogP contribution in [0.4, 0.5) is 0 Å². The average molecular weight is 372 g/mol. The van der Waals surface area contributed by atoms with Gasteiger partial charge in [-0.3, -0.25) is 4.79 Å². The summed E-state index contributed by atoms with van der Waals surface area (Å²) in [7, 11) is 0. The van der Waals surface area contributed by atoms with Crippen molar-refractivity contribution in [3.63, 3.8) is 0 Å². The Bertz CT molecular complexity index is 720. The third-order valence-electron chi connectivity index (χ3n) is 9.27. The van der Waals surface area contributed by atoms with E-state index in [1.54, 1.807) is 6.20 Å². The lowest BCUT2D eigenvalue weighted by atomic mass is 9.43. The number of aliphatic hydroxyl groups excluding tert-OH is 1. The van der Waals surface area contributed by atoms with E-state index in [1.165, 1.54) is 5.57 Å². The van der Waals surface area contributed by atoms with E-state index in [0.29, 0.717) is 36.4 Å². The summed E-state index contributed by atoms with van der Waals surface area (Å²) in [6, 6.07) is 0. The lowest BCUT2D eigenvalue weighted by Crippen LogP contribution is -2.60. The summed E-state index contributed by atoms with van der Waals surface area (Å²) in [6.45, 7) is 13.6. The standard InChI is InChI=1S/C23H33NO3/c1-21-11-19(26)20-17(18(21)8-6-15(21)12-24-4)7-5-14-10-23(3,27)16(13-25)9-22(14,20)2/h12,14,16-18,20,25,27H,5-11,13H2,1-3H3/b15-12-/t14-,16+,17-,18-,20+,21+,22-,23-/m0/s1. The predicted octanol–water partition coefficient (Wildman–Crippen LogP) is 3.98. The van der Waals surface area contributed by atoms with Crippen LogP contribution >= 0.6 is 0 Å². The van der Waals surface area contributed by atoms with Crippen molar-refractivity contribution in [2.24, 2.45) is 40.4 Å². The van der Waals surface area contributed by atoms with Crippen LogP contribution < -0.4 is 0 Å². The molecular formula is C23H33NO3. The summed E-state index contributed by atoms with van der Waals surface area (Å²) < 4.78 is 0. The number of allylic oxidation sites excluding steroid dienone is 1. The molecule has 0 saturated heterocycles. The van der Waals surface area contributed by atoms with Gasteiger partial charge in [0.05, 0.1) is 12.2 Å². The third kappa shape index (κ3) is 2.58. The number of fused-ring (bicyclic) bond motifs is 5. The fourth-order valence-electron chi connectivity index (χ4n) is 7.83. The number of hydrogen-bond donors (Lipinski definition) is 2. The van der Waals surface area contributed by atoms with Gasteiger partial charge < -0.3 is 10.2 Å². The zero-order valence-electron chi connectivity index (χ0n) is 16.9. The van der Waals surface area contributed by atoms with Crippen molar-refractivity contribution >= 4 is 5.78 Å². The molecule has 0 heterocycles. The molecule has 0 bridgehead atoms. The Morgan fingerprint density at radius 3 is 2.63 bits per heavy atom. The van der Waals surface area contributed by atoms with Gasteiger partial charge >= 0.3 is 0 Å². The molecule has 0 aliphatic heterocycles. The highest BCUT2D eigenvalue weighted by Crippen LogP contribution is 2.67. The lowest BCUT2D eigenvalue weighted by Gasteiger charge is -2.62. The van der Waals surface area contributed by atoms with Crippen LogP contribution in [0.1, 0.15) is 65.7 Å². The van der Waals surface area contributed by atoms with Crippen LogP contribution in [0.2, 0.25) is 0 Å². The van der Waals surface area contributed by atoms with E-state index in [1.807, 2.05) is 6.92 Å². The van der Waals surface area contributed by atoms with Crippen LogP contribution in [-0.2, 0) is 4.79 Å². The summed E-state index contributed by atoms with van der Waals surface area (Å²) in [5, 5.41) is 20.8. The van der Waals surface area contributed by atoms with Gasteiger partial charge in [0.15, 0.2) is 6.20 Å². The van der Waals surface area contributed by atoms with Crippen molar-refractivity contribution in [3.05, 3.63) is 23.2 Å². The molecule has 0 aromatic heterocycles. The summed E-state index contributed by atoms with van der Waals surface area (Å²) in [5.74, 6) is 1.48. The molecule has 148 valence electrons. The van der Waals surface area contributed by atoms with Crippen LogP contribution in [-0.4, -0.2) is 28.2 Å². The van der Waals surface area contributed by atoms with Crippen molar-refractivity contribution in [2.75, 3.05) is 6.61 Å². The Labute approximate surface area is 162 Å². The number of hydrogen-bond acceptors (Lipinski definition) is 3. The number of carbonyl (C=O) groups excluding carboxylic acids is 1. The molecule has 0 aromatic rings. The zero-order chi connectivity index (χ0) is 19.6. The molecule has 4 fully saturated rings. The fraction of sp³-hybridized carbons (Fsp3) is 0.826. The van der Waals surface area contributed by atoms with Crippen molar-refractivity contribution in [1.29, 1.82) is 0 Å². The van der Waals surface area contributed by atoms with Gasteiger partial charge in [-0.15, -0.1) is 0 Å². The predicted molar refractivity (Wildman–Crippen MR) is 103 cm³/mol. The van der Waals surface area contributed by atoms with E-state index in [-0.39, 0.29) is 29.3 Å². The largest absolute Gasteiger partial charge is 0.396 e. The van der Waals surface area contributed by atoms with Gasteiger partial charge in [0.1, 0.15) is 5.78 Å². The van der Waals surface area contributed by atoms with Gasteiger partial charge in [-0.05, 0) is 74.0 Å². The molecule has 8 atom stereocenters. The van der Waals surface area contributed by atoms with Gasteiger partial charge in [0.25, 0.3) is 0 Å². The van der Waals surface area contributed by atoms with Gasteiger partial charge in [0.2, 0.25) is 0 Å². The summed E-state index contributed by atoms with van der Waals surface area (Å²) in [4.78, 5) is 17.0. The van der Waals surface area contributed by atoms with Crippen molar-refractivity contribution in [3.8, 4) is 0 Å². The van der Waals surface area contributed by atoms with Gasteiger partial charge in [-0.2, -0.15) is 0 Å². The van der Waals surface area contributed by atoms with E-state index in [4.69, 9.17) is 6.57 Å². The highest BCUT2D eigenvalue weighted by molar-refractivity contribution is 5.85. The van der Waals surface area contributed by atoms with Crippen LogP contribution in [0.15, 0.2) is 11.8 Å². The monoisotopic (exact) mass is 371 g/mol. The van der Waals surface area contributed by atoms with Crippen LogP contribution in [0.3, 0.4) is 0 Å². The molecule has 4 nitrogen and oxygen atoms in total. The zero-order valence-corrected chi connectivity index (χ0v) is 16.9. The molecule has 0 radical (unpaired) electrons. The van der Waals surface area contributed by atoms with Crippen molar-refractivity contribution in [1.82, 2.24) is 0 Å². The molecule has 4 saturated carbocycles. The Balaban J connectivity index is 1.70. The molecule has 0 aromatic carbocycles. The molecule has 4 rings (SSSR count). The number of aliphatic hydroxyl groups is 2. The minimum atomic E-state index is -0.836. The van der Waals surface area contributed by atoms with Crippen molar-refractivity contribution in [2.45, 2.75) is 71.3 Å². The molecule has 4 heteroatoms. The molecule has 0 unspecified atom stereocenters. The Morgan fingerprint density at radius 1 is 1.22 bits per heavy atom. The molecule has 0 spiro atoms. The second kappa shape index (κ2) is 6.16. The highest BCUT2D eigenvalue weighted by Gasteiger charge is 2.63. The van der Waals surface area contributed by atoms with Gasteiger partial charge in [-0.1, -0.05) is 19.4 Å². The van der Waals surface area contributed by atoms with Gasteiger partial charge in [-0.25, -0.2) is 4.85 Å². The number of Topliss-reactive ketones (excluding diaryl/α,β-unsaturated/α-hetero) is 1. The Morgan fingerprint density at radius 2 is 1.96 bits per heavy atom. The first-order chi connectivity index (χ1) is 12.7. The SMILES string of the molecule is [C-]#[N+]/C=C1/CC[C@H]2[C@@H]3CC[C@H]4C[C@](C)(O)[C@@H](CO)C[C@]4(C)[C@H]3C(=O)C[C@]12C. The van der Waals surface area contributed by atoms with Crippen LogP contribution in [0.5, 0.6) is 0 Å². The molecule has 27 heavy (non-hydrogen) atoms. The first-order valence-electron chi connectivity index (χ1n) is 10.6. The van der Waals surface area contributed by atoms with E-state index >= 15 is 0 Å². The minimum Gasteiger partial charge on any atom is -0.396 e. The first kappa shape index (κ1) is 19.2. The topological polar surface area (TPSA) is 61.9 Å². The second-order valence-corrected chi connectivity index (χ2v) is 10.6. The Hall–Kier alpha value is -1.18. The summed E-state index contributed by atoms with van der Waals surface area (Å²) in [6.07, 6.45) is 7.83. The maximum atomic E-state index is 13.5. The highest BCUT2D eigenvalue weighted by atomic mass is 16.3. The first-order valence-corrected chi connectivity index (χ1v) is 10.6. The maximum Gasteiger partial charge on any atom is 0.154 e. The fourth-order valence-corrected chi connectivity index (χ4v) is 7.83. The normalized spacial score (nSPS) is 53.4. The number of carbonyl (C=O) groups is 1. The van der Waals surface area contributed by atoms with Crippen LogP contribution in [0, 0.1) is 47.0 Å². The van der Waals surface area contributed by atoms with Crippen LogP contribution in [0.25, 0.3) is 4.85 Å². The maximum absolute atomic E-state index is 13.5. The molecule has 2 N–H and O–H groups in total. The van der Waals surface area contributed by atoms with Gasteiger partial charge in [0, 0.05) is 24.9 Å². The molecule has 0 amide bonds.